The minimum atomic E-state index is -4.78. The summed E-state index contributed by atoms with van der Waals surface area (Å²) in [6.07, 6.45) is -4.78. The zero-order chi connectivity index (χ0) is 17.0. The van der Waals surface area contributed by atoms with Crippen molar-refractivity contribution in [2.45, 2.75) is 13.0 Å². The number of rotatable bonds is 5. The van der Waals surface area contributed by atoms with Gasteiger partial charge in [-0.1, -0.05) is 12.1 Å². The minimum Gasteiger partial charge on any atom is -0.486 e. The van der Waals surface area contributed by atoms with Crippen LogP contribution in [0.4, 0.5) is 23.2 Å². The lowest BCUT2D eigenvalue weighted by atomic mass is 10.2. The number of non-ortho nitro benzene ring substituents is 1. The van der Waals surface area contributed by atoms with Crippen molar-refractivity contribution in [2.75, 3.05) is 0 Å². The van der Waals surface area contributed by atoms with Gasteiger partial charge in [0.05, 0.1) is 11.0 Å². The van der Waals surface area contributed by atoms with Crippen LogP contribution in [0.25, 0.3) is 0 Å². The molecule has 0 fully saturated rings. The fourth-order valence-electron chi connectivity index (χ4n) is 1.67. The van der Waals surface area contributed by atoms with Crippen LogP contribution in [-0.2, 0) is 6.61 Å². The van der Waals surface area contributed by atoms with E-state index in [1.165, 1.54) is 12.1 Å². The van der Waals surface area contributed by atoms with Crippen LogP contribution in [0, 0.1) is 15.9 Å². The first kappa shape index (κ1) is 16.5. The maximum absolute atomic E-state index is 13.6. The van der Waals surface area contributed by atoms with E-state index in [1.807, 2.05) is 0 Å². The monoisotopic (exact) mass is 331 g/mol. The van der Waals surface area contributed by atoms with E-state index in [-0.39, 0.29) is 18.1 Å². The van der Waals surface area contributed by atoms with Gasteiger partial charge in [0.25, 0.3) is 5.69 Å². The maximum atomic E-state index is 13.6. The van der Waals surface area contributed by atoms with Gasteiger partial charge in [-0.25, -0.2) is 4.39 Å². The number of nitro groups is 1. The normalized spacial score (nSPS) is 11.1. The molecule has 2 aromatic rings. The Hall–Kier alpha value is -2.84. The number of hydrogen-bond donors (Lipinski definition) is 0. The fourth-order valence-corrected chi connectivity index (χ4v) is 1.67. The first-order valence-corrected chi connectivity index (χ1v) is 6.16. The predicted molar refractivity (Wildman–Crippen MR) is 70.5 cm³/mol. The largest absolute Gasteiger partial charge is 0.573 e. The van der Waals surface area contributed by atoms with Gasteiger partial charge < -0.3 is 9.47 Å². The summed E-state index contributed by atoms with van der Waals surface area (Å²) in [6.45, 7) is -0.124. The van der Waals surface area contributed by atoms with Gasteiger partial charge >= 0.3 is 6.36 Å². The quantitative estimate of drug-likeness (QED) is 0.468. The Morgan fingerprint density at radius 2 is 1.74 bits per heavy atom. The third-order valence-electron chi connectivity index (χ3n) is 2.68. The summed E-state index contributed by atoms with van der Waals surface area (Å²) in [4.78, 5) is 9.74. The Morgan fingerprint density at radius 1 is 1.09 bits per heavy atom. The molecule has 0 aromatic heterocycles. The molecule has 0 saturated carbocycles. The molecule has 2 aromatic carbocycles. The van der Waals surface area contributed by atoms with Crippen LogP contribution in [0.15, 0.2) is 42.5 Å². The predicted octanol–water partition coefficient (Wildman–Crippen LogP) is 4.21. The van der Waals surface area contributed by atoms with Crippen LogP contribution in [0.2, 0.25) is 0 Å². The zero-order valence-corrected chi connectivity index (χ0v) is 11.3. The SMILES string of the molecule is O=[N+]([O-])c1ccc(OCc2ccc(OC(F)(F)F)cc2)c(F)c1. The third-order valence-corrected chi connectivity index (χ3v) is 2.68. The van der Waals surface area contributed by atoms with E-state index in [2.05, 4.69) is 4.74 Å². The lowest BCUT2D eigenvalue weighted by Gasteiger charge is -2.10. The first-order chi connectivity index (χ1) is 10.7. The summed E-state index contributed by atoms with van der Waals surface area (Å²) in [7, 11) is 0. The molecule has 0 unspecified atom stereocenters. The summed E-state index contributed by atoms with van der Waals surface area (Å²) in [5.41, 5.74) is 0.0563. The average molecular weight is 331 g/mol. The number of halogens is 4. The smallest absolute Gasteiger partial charge is 0.486 e. The van der Waals surface area contributed by atoms with Crippen molar-refractivity contribution in [1.82, 2.24) is 0 Å². The highest BCUT2D eigenvalue weighted by Gasteiger charge is 2.30. The lowest BCUT2D eigenvalue weighted by molar-refractivity contribution is -0.385. The van der Waals surface area contributed by atoms with Gasteiger partial charge in [0.1, 0.15) is 12.4 Å². The number of nitro benzene ring substituents is 1. The number of ether oxygens (including phenoxy) is 2. The molecule has 0 spiro atoms. The van der Waals surface area contributed by atoms with Crippen molar-refractivity contribution in [3.8, 4) is 11.5 Å². The molecule has 2 rings (SSSR count). The molecule has 0 radical (unpaired) electrons. The first-order valence-electron chi connectivity index (χ1n) is 6.16. The van der Waals surface area contributed by atoms with E-state index < -0.39 is 22.8 Å². The Balaban J connectivity index is 2.00. The van der Waals surface area contributed by atoms with Crippen molar-refractivity contribution >= 4 is 5.69 Å². The van der Waals surface area contributed by atoms with Crippen molar-refractivity contribution in [3.05, 3.63) is 64.0 Å². The maximum Gasteiger partial charge on any atom is 0.573 e. The van der Waals surface area contributed by atoms with E-state index in [1.54, 1.807) is 0 Å². The number of benzene rings is 2. The van der Waals surface area contributed by atoms with Crippen LogP contribution in [-0.4, -0.2) is 11.3 Å². The van der Waals surface area contributed by atoms with Gasteiger partial charge in [0.15, 0.2) is 11.6 Å². The summed E-state index contributed by atoms with van der Waals surface area (Å²) in [5.74, 6) is -1.50. The van der Waals surface area contributed by atoms with Crippen molar-refractivity contribution in [1.29, 1.82) is 0 Å². The van der Waals surface area contributed by atoms with E-state index in [9.17, 15) is 27.7 Å². The van der Waals surface area contributed by atoms with Gasteiger partial charge in [-0.05, 0) is 23.8 Å². The van der Waals surface area contributed by atoms with Gasteiger partial charge in [-0.2, -0.15) is 0 Å². The van der Waals surface area contributed by atoms with Crippen molar-refractivity contribution in [2.24, 2.45) is 0 Å². The highest BCUT2D eigenvalue weighted by atomic mass is 19.4. The Bertz CT molecular complexity index is 701. The lowest BCUT2D eigenvalue weighted by Crippen LogP contribution is -2.17. The number of hydrogen-bond acceptors (Lipinski definition) is 4. The Morgan fingerprint density at radius 3 is 2.26 bits per heavy atom. The molecule has 9 heteroatoms. The van der Waals surface area contributed by atoms with E-state index >= 15 is 0 Å². The number of alkyl halides is 3. The summed E-state index contributed by atoms with van der Waals surface area (Å²) in [6, 6.07) is 7.74. The highest BCUT2D eigenvalue weighted by molar-refractivity contribution is 5.37. The fraction of sp³-hybridized carbons (Fsp3) is 0.143. The molecule has 0 atom stereocenters. The molecular weight excluding hydrogens is 322 g/mol. The minimum absolute atomic E-state index is 0.124. The number of nitrogens with zero attached hydrogens (tertiary/aromatic N) is 1. The third kappa shape index (κ3) is 4.83. The Kier molecular flexibility index (Phi) is 4.68. The molecule has 0 aliphatic rings. The standard InChI is InChI=1S/C14H9F4NO4/c15-12-7-10(19(20)21)3-6-13(12)22-8-9-1-4-11(5-2-9)23-14(16,17)18/h1-7H,8H2. The molecule has 0 N–H and O–H groups in total. The molecule has 122 valence electrons. The van der Waals surface area contributed by atoms with Gasteiger partial charge in [0.2, 0.25) is 0 Å². The molecule has 0 aliphatic heterocycles. The van der Waals surface area contributed by atoms with E-state index in [0.29, 0.717) is 5.56 Å². The molecule has 0 aliphatic carbocycles. The van der Waals surface area contributed by atoms with Crippen molar-refractivity contribution in [3.63, 3.8) is 0 Å². The molecule has 0 saturated heterocycles. The van der Waals surface area contributed by atoms with Crippen LogP contribution >= 0.6 is 0 Å². The highest BCUT2D eigenvalue weighted by Crippen LogP contribution is 2.25. The summed E-state index contributed by atoms with van der Waals surface area (Å²) in [5, 5.41) is 10.5. The van der Waals surface area contributed by atoms with Crippen LogP contribution in [0.3, 0.4) is 0 Å². The van der Waals surface area contributed by atoms with E-state index in [4.69, 9.17) is 4.74 Å². The topological polar surface area (TPSA) is 61.6 Å². The van der Waals surface area contributed by atoms with Crippen LogP contribution in [0.1, 0.15) is 5.56 Å². The molecule has 0 amide bonds. The second-order valence-electron chi connectivity index (χ2n) is 4.35. The van der Waals surface area contributed by atoms with Crippen molar-refractivity contribution < 1.29 is 32.0 Å². The average Bonchev–Trinajstić information content (AvgIpc) is 2.45. The molecule has 23 heavy (non-hydrogen) atoms. The van der Waals surface area contributed by atoms with Crippen LogP contribution < -0.4 is 9.47 Å². The summed E-state index contributed by atoms with van der Waals surface area (Å²) < 4.78 is 58.5. The summed E-state index contributed by atoms with van der Waals surface area (Å²) >= 11 is 0. The van der Waals surface area contributed by atoms with Gasteiger partial charge in [-0.3, -0.25) is 10.1 Å². The zero-order valence-electron chi connectivity index (χ0n) is 11.3. The molecular formula is C14H9F4NO4. The Labute approximate surface area is 127 Å². The molecule has 0 heterocycles. The van der Waals surface area contributed by atoms with Gasteiger partial charge in [-0.15, -0.1) is 13.2 Å². The molecule has 5 nitrogen and oxygen atoms in total. The second kappa shape index (κ2) is 6.51. The van der Waals surface area contributed by atoms with E-state index in [0.717, 1.165) is 30.3 Å². The molecule has 0 bridgehead atoms. The second-order valence-corrected chi connectivity index (χ2v) is 4.35. The van der Waals surface area contributed by atoms with Gasteiger partial charge in [0, 0.05) is 6.07 Å². The van der Waals surface area contributed by atoms with Crippen LogP contribution in [0.5, 0.6) is 11.5 Å².